The van der Waals surface area contributed by atoms with Gasteiger partial charge in [0.1, 0.15) is 11.3 Å². The number of nitrogens with zero attached hydrogens (tertiary/aromatic N) is 2. The fourth-order valence-electron chi connectivity index (χ4n) is 3.18. The smallest absolute Gasteiger partial charge is 0.224 e. The Bertz CT molecular complexity index is 719. The summed E-state index contributed by atoms with van der Waals surface area (Å²) in [4.78, 5) is 8.81. The molecule has 0 aromatic carbocycles. The van der Waals surface area contributed by atoms with E-state index in [1.165, 1.54) is 0 Å². The molecule has 0 spiro atoms. The van der Waals surface area contributed by atoms with Crippen LogP contribution in [0.15, 0.2) is 18.3 Å². The van der Waals surface area contributed by atoms with Crippen LogP contribution >= 0.6 is 11.6 Å². The number of hydrogen-bond donors (Lipinski definition) is 0. The predicted octanol–water partition coefficient (Wildman–Crippen LogP) is 5.10. The number of ether oxygens (including phenoxy) is 2. The number of halogens is 1. The Morgan fingerprint density at radius 3 is 2.42 bits per heavy atom. The summed E-state index contributed by atoms with van der Waals surface area (Å²) in [6, 6.07) is 3.83. The van der Waals surface area contributed by atoms with Crippen molar-refractivity contribution >= 4 is 22.5 Å². The van der Waals surface area contributed by atoms with Gasteiger partial charge in [-0.05, 0) is 65.0 Å². The topological polar surface area (TPSA) is 44.2 Å². The second-order valence-corrected chi connectivity index (χ2v) is 7.96. The van der Waals surface area contributed by atoms with Crippen LogP contribution in [0.4, 0.5) is 0 Å². The molecule has 3 rings (SSSR count). The second-order valence-electron chi connectivity index (χ2n) is 7.58. The highest BCUT2D eigenvalue weighted by Gasteiger charge is 2.27. The highest BCUT2D eigenvalue weighted by atomic mass is 35.5. The van der Waals surface area contributed by atoms with Gasteiger partial charge in [0.2, 0.25) is 5.88 Å². The molecule has 24 heavy (non-hydrogen) atoms. The SMILES string of the molecule is Cc1cnc2cc(Cl)nc(OC3CCC(OC(C)(C)C)CC3)c2c1. The molecule has 4 nitrogen and oxygen atoms in total. The lowest BCUT2D eigenvalue weighted by Crippen LogP contribution is -2.33. The van der Waals surface area contributed by atoms with Gasteiger partial charge >= 0.3 is 0 Å². The molecule has 1 fully saturated rings. The standard InChI is InChI=1S/C19H25ClN2O2/c1-12-9-15-16(21-11-12)10-17(20)22-18(15)23-13-5-7-14(8-6-13)24-19(2,3)4/h9-11,13-14H,5-8H2,1-4H3. The van der Waals surface area contributed by atoms with Crippen molar-refractivity contribution in [3.8, 4) is 5.88 Å². The van der Waals surface area contributed by atoms with Crippen LogP contribution in [0.5, 0.6) is 5.88 Å². The van der Waals surface area contributed by atoms with Gasteiger partial charge in [0.15, 0.2) is 0 Å². The summed E-state index contributed by atoms with van der Waals surface area (Å²) in [7, 11) is 0. The van der Waals surface area contributed by atoms with E-state index in [9.17, 15) is 0 Å². The molecule has 0 unspecified atom stereocenters. The van der Waals surface area contributed by atoms with Gasteiger partial charge in [-0.2, -0.15) is 0 Å². The lowest BCUT2D eigenvalue weighted by atomic mass is 9.94. The van der Waals surface area contributed by atoms with Gasteiger partial charge in [0.05, 0.1) is 22.6 Å². The molecule has 1 aliphatic carbocycles. The average molecular weight is 349 g/mol. The lowest BCUT2D eigenvalue weighted by molar-refractivity contribution is -0.0833. The Kier molecular flexibility index (Phi) is 4.97. The predicted molar refractivity (Wildman–Crippen MR) is 96.8 cm³/mol. The third-order valence-electron chi connectivity index (χ3n) is 4.17. The summed E-state index contributed by atoms with van der Waals surface area (Å²) in [5.41, 5.74) is 1.81. The number of aromatic nitrogens is 2. The van der Waals surface area contributed by atoms with E-state index in [2.05, 4.69) is 36.8 Å². The number of pyridine rings is 2. The van der Waals surface area contributed by atoms with Crippen molar-refractivity contribution < 1.29 is 9.47 Å². The minimum Gasteiger partial charge on any atom is -0.474 e. The minimum absolute atomic E-state index is 0.0910. The van der Waals surface area contributed by atoms with Gasteiger partial charge in [0.25, 0.3) is 0 Å². The van der Waals surface area contributed by atoms with Crippen LogP contribution in [0.3, 0.4) is 0 Å². The average Bonchev–Trinajstić information content (AvgIpc) is 2.48. The zero-order valence-electron chi connectivity index (χ0n) is 14.8. The first-order valence-electron chi connectivity index (χ1n) is 8.57. The molecule has 0 N–H and O–H groups in total. The first kappa shape index (κ1) is 17.4. The Morgan fingerprint density at radius 1 is 1.08 bits per heavy atom. The highest BCUT2D eigenvalue weighted by molar-refractivity contribution is 6.30. The molecule has 1 aliphatic rings. The number of rotatable bonds is 3. The van der Waals surface area contributed by atoms with E-state index in [-0.39, 0.29) is 11.7 Å². The zero-order valence-corrected chi connectivity index (χ0v) is 15.6. The van der Waals surface area contributed by atoms with Crippen LogP contribution in [-0.4, -0.2) is 27.8 Å². The van der Waals surface area contributed by atoms with Crippen molar-refractivity contribution in [1.82, 2.24) is 9.97 Å². The molecule has 0 atom stereocenters. The molecule has 2 aromatic rings. The number of hydrogen-bond acceptors (Lipinski definition) is 4. The Labute approximate surface area is 148 Å². The van der Waals surface area contributed by atoms with E-state index >= 15 is 0 Å². The van der Waals surface area contributed by atoms with Gasteiger partial charge in [0, 0.05) is 12.3 Å². The maximum atomic E-state index is 6.19. The molecule has 5 heteroatoms. The number of fused-ring (bicyclic) bond motifs is 1. The second kappa shape index (κ2) is 6.85. The maximum Gasteiger partial charge on any atom is 0.224 e. The van der Waals surface area contributed by atoms with Crippen molar-refractivity contribution in [3.63, 3.8) is 0 Å². The quantitative estimate of drug-likeness (QED) is 0.724. The first-order chi connectivity index (χ1) is 11.3. The van der Waals surface area contributed by atoms with Crippen molar-refractivity contribution in [3.05, 3.63) is 29.0 Å². The summed E-state index contributed by atoms with van der Waals surface area (Å²) < 4.78 is 12.3. The van der Waals surface area contributed by atoms with Crippen molar-refractivity contribution in [1.29, 1.82) is 0 Å². The molecule has 130 valence electrons. The van der Waals surface area contributed by atoms with E-state index in [0.717, 1.165) is 42.1 Å². The highest BCUT2D eigenvalue weighted by Crippen LogP contribution is 2.31. The van der Waals surface area contributed by atoms with Crippen LogP contribution in [0, 0.1) is 6.92 Å². The minimum atomic E-state index is -0.0910. The van der Waals surface area contributed by atoms with Gasteiger partial charge in [-0.3, -0.25) is 4.98 Å². The molecule has 1 saturated carbocycles. The van der Waals surface area contributed by atoms with Gasteiger partial charge < -0.3 is 9.47 Å². The van der Waals surface area contributed by atoms with Gasteiger partial charge in [-0.15, -0.1) is 0 Å². The Morgan fingerprint density at radius 2 is 1.75 bits per heavy atom. The van der Waals surface area contributed by atoms with Crippen LogP contribution in [0.25, 0.3) is 10.9 Å². The summed E-state index contributed by atoms with van der Waals surface area (Å²) in [5, 5.41) is 1.34. The molecule has 0 aliphatic heterocycles. The van der Waals surface area contributed by atoms with E-state index < -0.39 is 0 Å². The largest absolute Gasteiger partial charge is 0.474 e. The monoisotopic (exact) mass is 348 g/mol. The summed E-state index contributed by atoms with van der Waals surface area (Å²) in [6.07, 6.45) is 6.26. The third-order valence-corrected chi connectivity index (χ3v) is 4.36. The molecule has 2 heterocycles. The molecule has 0 saturated heterocycles. The number of aryl methyl sites for hydroxylation is 1. The Hall–Kier alpha value is -1.39. The summed E-state index contributed by atoms with van der Waals surface area (Å²) in [5.74, 6) is 0.592. The normalized spacial score (nSPS) is 21.9. The van der Waals surface area contributed by atoms with Crippen LogP contribution in [0.1, 0.15) is 52.0 Å². The van der Waals surface area contributed by atoms with Crippen molar-refractivity contribution in [2.24, 2.45) is 0 Å². The molecular formula is C19H25ClN2O2. The van der Waals surface area contributed by atoms with Gasteiger partial charge in [-0.25, -0.2) is 4.98 Å². The van der Waals surface area contributed by atoms with Crippen molar-refractivity contribution in [2.45, 2.75) is 71.2 Å². The molecule has 2 aromatic heterocycles. The molecular weight excluding hydrogens is 324 g/mol. The summed E-state index contributed by atoms with van der Waals surface area (Å²) >= 11 is 6.13. The fourth-order valence-corrected chi connectivity index (χ4v) is 3.36. The van der Waals surface area contributed by atoms with E-state index in [0.29, 0.717) is 17.1 Å². The van der Waals surface area contributed by atoms with Crippen molar-refractivity contribution in [2.75, 3.05) is 0 Å². The zero-order chi connectivity index (χ0) is 17.3. The maximum absolute atomic E-state index is 6.19. The van der Waals surface area contributed by atoms with Gasteiger partial charge in [-0.1, -0.05) is 11.6 Å². The summed E-state index contributed by atoms with van der Waals surface area (Å²) in [6.45, 7) is 8.33. The molecule has 0 amide bonds. The molecule has 0 radical (unpaired) electrons. The van der Waals surface area contributed by atoms with Crippen LogP contribution in [-0.2, 0) is 4.74 Å². The lowest BCUT2D eigenvalue weighted by Gasteiger charge is -2.33. The van der Waals surface area contributed by atoms with Crippen LogP contribution < -0.4 is 4.74 Å². The van der Waals surface area contributed by atoms with E-state index in [1.54, 1.807) is 6.07 Å². The van der Waals surface area contributed by atoms with E-state index in [1.807, 2.05) is 13.1 Å². The first-order valence-corrected chi connectivity index (χ1v) is 8.95. The van der Waals surface area contributed by atoms with Crippen LogP contribution in [0.2, 0.25) is 5.15 Å². The molecule has 0 bridgehead atoms. The van der Waals surface area contributed by atoms with E-state index in [4.69, 9.17) is 21.1 Å². The third kappa shape index (κ3) is 4.37. The Balaban J connectivity index is 1.71. The fraction of sp³-hybridized carbons (Fsp3) is 0.579.